The normalized spacial score (nSPS) is 9.94. The minimum absolute atomic E-state index is 0.323. The summed E-state index contributed by atoms with van der Waals surface area (Å²) in [4.78, 5) is 12.4. The lowest BCUT2D eigenvalue weighted by molar-refractivity contribution is 0.262. The largest absolute Gasteiger partial charge is 0.388 e. The smallest absolute Gasteiger partial charge is 0.323 e. The molecular formula is C29H22N4O3. The topological polar surface area (TPSA) is 107 Å². The van der Waals surface area contributed by atoms with Crippen molar-refractivity contribution < 1.29 is 14.3 Å². The molecule has 0 bridgehead atoms. The molecule has 7 heteroatoms. The predicted octanol–water partition coefficient (Wildman–Crippen LogP) is 6.23. The molecule has 36 heavy (non-hydrogen) atoms. The van der Waals surface area contributed by atoms with Gasteiger partial charge in [-0.25, -0.2) is 4.79 Å². The van der Waals surface area contributed by atoms with Crippen LogP contribution in [0.1, 0.15) is 22.3 Å². The molecule has 2 amide bonds. The van der Waals surface area contributed by atoms with Gasteiger partial charge < -0.3 is 20.1 Å². The molecule has 0 fully saturated rings. The summed E-state index contributed by atoms with van der Waals surface area (Å²) in [7, 11) is 0. The van der Waals surface area contributed by atoms with Crippen molar-refractivity contribution in [3.63, 3.8) is 0 Å². The van der Waals surface area contributed by atoms with E-state index >= 15 is 0 Å². The molecule has 0 radical (unpaired) electrons. The summed E-state index contributed by atoms with van der Waals surface area (Å²) in [5.41, 5.74) is 5.75. The van der Waals surface area contributed by atoms with Crippen molar-refractivity contribution in [2.45, 2.75) is 12.8 Å². The monoisotopic (exact) mass is 474 g/mol. The van der Waals surface area contributed by atoms with Crippen molar-refractivity contribution in [1.29, 1.82) is 10.5 Å². The van der Waals surface area contributed by atoms with Crippen LogP contribution in [0.4, 0.5) is 16.2 Å². The molecule has 0 aliphatic heterocycles. The second kappa shape index (κ2) is 11.7. The fourth-order valence-corrected chi connectivity index (χ4v) is 3.63. The first-order valence-electron chi connectivity index (χ1n) is 11.2. The number of hydrogen-bond acceptors (Lipinski definition) is 5. The van der Waals surface area contributed by atoms with E-state index in [1.807, 2.05) is 72.8 Å². The fourth-order valence-electron chi connectivity index (χ4n) is 3.63. The Kier molecular flexibility index (Phi) is 7.78. The van der Waals surface area contributed by atoms with Crippen molar-refractivity contribution in [2.24, 2.45) is 0 Å². The van der Waals surface area contributed by atoms with E-state index in [-0.39, 0.29) is 6.03 Å². The van der Waals surface area contributed by atoms with Crippen LogP contribution in [0.5, 0.6) is 11.5 Å². The van der Waals surface area contributed by atoms with Crippen LogP contribution in [0.25, 0.3) is 0 Å². The molecule has 4 aromatic rings. The van der Waals surface area contributed by atoms with Crippen LogP contribution in [0.2, 0.25) is 0 Å². The number of carbonyl (C=O) groups excluding carboxylic acids is 1. The second-order valence-corrected chi connectivity index (χ2v) is 8.00. The minimum atomic E-state index is -0.323. The lowest BCUT2D eigenvalue weighted by Gasteiger charge is -2.10. The molecule has 0 saturated carbocycles. The number of hydrogen-bond donors (Lipinski definition) is 2. The van der Waals surface area contributed by atoms with Crippen LogP contribution < -0.4 is 20.1 Å². The number of nitrogens with one attached hydrogen (secondary N) is 2. The van der Waals surface area contributed by atoms with E-state index < -0.39 is 0 Å². The van der Waals surface area contributed by atoms with E-state index in [1.165, 1.54) is 0 Å². The van der Waals surface area contributed by atoms with E-state index in [2.05, 4.69) is 10.6 Å². The van der Waals surface area contributed by atoms with Crippen LogP contribution in [0.3, 0.4) is 0 Å². The molecule has 0 aromatic heterocycles. The van der Waals surface area contributed by atoms with Gasteiger partial charge in [-0.15, -0.1) is 10.5 Å². The number of amides is 2. The Morgan fingerprint density at radius 1 is 0.556 bits per heavy atom. The SMILES string of the molecule is N#COc1ccc(Cc2ccc(NC(=O)Nc3ccc(Cc4ccc(OC#N)cc4)cc3)cc2)cc1. The van der Waals surface area contributed by atoms with Gasteiger partial charge in [-0.1, -0.05) is 48.5 Å². The highest BCUT2D eigenvalue weighted by Crippen LogP contribution is 2.19. The third kappa shape index (κ3) is 6.86. The number of carbonyl (C=O) groups is 1. The molecule has 4 rings (SSSR count). The number of nitriles is 2. The number of benzene rings is 4. The highest BCUT2D eigenvalue weighted by Gasteiger charge is 2.05. The number of ether oxygens (including phenoxy) is 2. The van der Waals surface area contributed by atoms with Gasteiger partial charge in [0.1, 0.15) is 11.5 Å². The van der Waals surface area contributed by atoms with Gasteiger partial charge in [0.2, 0.25) is 0 Å². The molecule has 0 aliphatic rings. The molecule has 0 aliphatic carbocycles. The second-order valence-electron chi connectivity index (χ2n) is 8.00. The Balaban J connectivity index is 1.26. The zero-order valence-corrected chi connectivity index (χ0v) is 19.3. The van der Waals surface area contributed by atoms with Crippen molar-refractivity contribution in [3.05, 3.63) is 119 Å². The number of urea groups is 1. The van der Waals surface area contributed by atoms with E-state index in [0.29, 0.717) is 22.9 Å². The zero-order valence-electron chi connectivity index (χ0n) is 19.3. The van der Waals surface area contributed by atoms with Gasteiger partial charge in [0.05, 0.1) is 0 Å². The highest BCUT2D eigenvalue weighted by molar-refractivity contribution is 5.99. The summed E-state index contributed by atoms with van der Waals surface area (Å²) >= 11 is 0. The molecule has 2 N–H and O–H groups in total. The molecule has 0 saturated heterocycles. The van der Waals surface area contributed by atoms with E-state index in [1.54, 1.807) is 36.8 Å². The summed E-state index contributed by atoms with van der Waals surface area (Å²) in [6.07, 6.45) is 4.76. The number of anilines is 2. The van der Waals surface area contributed by atoms with Crippen molar-refractivity contribution in [3.8, 4) is 24.0 Å². The van der Waals surface area contributed by atoms with Gasteiger partial charge in [0.25, 0.3) is 12.5 Å². The molecule has 7 nitrogen and oxygen atoms in total. The van der Waals surface area contributed by atoms with Gasteiger partial charge in [0, 0.05) is 11.4 Å². The average molecular weight is 475 g/mol. The Morgan fingerprint density at radius 3 is 1.17 bits per heavy atom. The zero-order chi connectivity index (χ0) is 25.2. The van der Waals surface area contributed by atoms with Gasteiger partial charge in [-0.2, -0.15) is 0 Å². The molecule has 0 heterocycles. The maximum Gasteiger partial charge on any atom is 0.323 e. The molecule has 4 aromatic carbocycles. The molecule has 176 valence electrons. The highest BCUT2D eigenvalue weighted by atomic mass is 16.5. The van der Waals surface area contributed by atoms with Gasteiger partial charge in [-0.05, 0) is 83.6 Å². The predicted molar refractivity (Wildman–Crippen MR) is 137 cm³/mol. The molecule has 0 spiro atoms. The van der Waals surface area contributed by atoms with Crippen LogP contribution in [0, 0.1) is 23.0 Å². The van der Waals surface area contributed by atoms with E-state index in [0.717, 1.165) is 35.1 Å². The Labute approximate surface area is 209 Å². The summed E-state index contributed by atoms with van der Waals surface area (Å²) in [6.45, 7) is 0. The maximum atomic E-state index is 12.4. The van der Waals surface area contributed by atoms with Crippen molar-refractivity contribution in [2.75, 3.05) is 10.6 Å². The summed E-state index contributed by atoms with van der Waals surface area (Å²) in [6, 6.07) is 29.7. The lowest BCUT2D eigenvalue weighted by atomic mass is 10.0. The van der Waals surface area contributed by atoms with Crippen molar-refractivity contribution in [1.82, 2.24) is 0 Å². The van der Waals surface area contributed by atoms with Crippen LogP contribution in [0.15, 0.2) is 97.1 Å². The summed E-state index contributed by atoms with van der Waals surface area (Å²) < 4.78 is 9.59. The van der Waals surface area contributed by atoms with Crippen LogP contribution in [-0.2, 0) is 12.8 Å². The maximum absolute atomic E-state index is 12.4. The molecule has 0 atom stereocenters. The quantitative estimate of drug-likeness (QED) is 0.294. The third-order valence-electron chi connectivity index (χ3n) is 5.41. The number of rotatable bonds is 8. The molecule has 0 unspecified atom stereocenters. The van der Waals surface area contributed by atoms with Gasteiger partial charge >= 0.3 is 6.03 Å². The Morgan fingerprint density at radius 2 is 0.861 bits per heavy atom. The van der Waals surface area contributed by atoms with Gasteiger partial charge in [0.15, 0.2) is 0 Å². The Bertz CT molecular complexity index is 1280. The summed E-state index contributed by atoms with van der Waals surface area (Å²) in [5.74, 6) is 1.03. The van der Waals surface area contributed by atoms with E-state index in [4.69, 9.17) is 20.0 Å². The van der Waals surface area contributed by atoms with Gasteiger partial charge in [-0.3, -0.25) is 0 Å². The number of nitrogens with zero attached hydrogens (tertiary/aromatic N) is 2. The summed E-state index contributed by atoms with van der Waals surface area (Å²) in [5, 5.41) is 22.8. The fraction of sp³-hybridized carbons (Fsp3) is 0.0690. The first-order valence-corrected chi connectivity index (χ1v) is 11.2. The lowest BCUT2D eigenvalue weighted by Crippen LogP contribution is -2.19. The van der Waals surface area contributed by atoms with Crippen molar-refractivity contribution >= 4 is 17.4 Å². The Hall–Kier alpha value is -5.27. The van der Waals surface area contributed by atoms with E-state index in [9.17, 15) is 4.79 Å². The minimum Gasteiger partial charge on any atom is -0.388 e. The van der Waals surface area contributed by atoms with Crippen LogP contribution in [-0.4, -0.2) is 6.03 Å². The first-order chi connectivity index (χ1) is 17.6. The third-order valence-corrected chi connectivity index (χ3v) is 5.41. The van der Waals surface area contributed by atoms with Crippen LogP contribution >= 0.6 is 0 Å². The standard InChI is InChI=1S/C29H22N4O3/c30-19-35-27-13-5-23(6-14-27)17-21-1-9-25(10-2-21)32-29(34)33-26-11-3-22(4-12-26)18-24-7-15-28(16-8-24)36-20-31/h1-16H,17-18H2,(H2,32,33,34). The molecular weight excluding hydrogens is 452 g/mol. The average Bonchev–Trinajstić information content (AvgIpc) is 2.89. The first kappa shape index (κ1) is 23.9.